The van der Waals surface area contributed by atoms with E-state index in [1.165, 1.54) is 17.0 Å². The van der Waals surface area contributed by atoms with Crippen molar-refractivity contribution in [3.8, 4) is 5.75 Å². The monoisotopic (exact) mass is 556 g/mol. The summed E-state index contributed by atoms with van der Waals surface area (Å²) in [6.45, 7) is -2.67. The van der Waals surface area contributed by atoms with Crippen LogP contribution in [0.15, 0.2) is 30.3 Å². The summed E-state index contributed by atoms with van der Waals surface area (Å²) < 4.78 is 36.7. The van der Waals surface area contributed by atoms with Gasteiger partial charge in [0, 0.05) is 30.9 Å². The maximum atomic E-state index is 13.4. The largest absolute Gasteiger partial charge is 0.433 e. The fraction of sp³-hybridized carbons (Fsp3) is 0.458. The molecule has 1 aliphatic carbocycles. The zero-order chi connectivity index (χ0) is 26.5. The summed E-state index contributed by atoms with van der Waals surface area (Å²) in [5, 5.41) is 5.44. The van der Waals surface area contributed by atoms with Crippen molar-refractivity contribution in [1.29, 1.82) is 0 Å². The first kappa shape index (κ1) is 27.2. The van der Waals surface area contributed by atoms with Gasteiger partial charge in [0.25, 0.3) is 11.8 Å². The van der Waals surface area contributed by atoms with Crippen LogP contribution in [0.5, 0.6) is 5.75 Å². The molecule has 0 radical (unpaired) electrons. The van der Waals surface area contributed by atoms with E-state index in [1.54, 1.807) is 25.2 Å². The van der Waals surface area contributed by atoms with Crippen molar-refractivity contribution in [2.75, 3.05) is 43.6 Å². The van der Waals surface area contributed by atoms with E-state index in [4.69, 9.17) is 16.3 Å². The second-order valence-electron chi connectivity index (χ2n) is 8.73. The second-order valence-corrected chi connectivity index (χ2v) is 10.4. The normalized spacial score (nSPS) is 17.0. The highest BCUT2D eigenvalue weighted by atomic mass is 35.5. The number of anilines is 2. The van der Waals surface area contributed by atoms with E-state index in [2.05, 4.69) is 15.4 Å². The molecule has 9 nitrogen and oxygen atoms in total. The first-order valence-electron chi connectivity index (χ1n) is 11.8. The van der Waals surface area contributed by atoms with E-state index in [1.807, 2.05) is 4.90 Å². The summed E-state index contributed by atoms with van der Waals surface area (Å²) in [6, 6.07) is 6.86. The van der Waals surface area contributed by atoms with Gasteiger partial charge in [-0.05, 0) is 44.2 Å². The third kappa shape index (κ3) is 6.75. The van der Waals surface area contributed by atoms with Crippen molar-refractivity contribution in [2.24, 2.45) is 0 Å². The average molecular weight is 557 g/mol. The van der Waals surface area contributed by atoms with E-state index in [0.717, 1.165) is 30.6 Å². The van der Waals surface area contributed by atoms with Crippen LogP contribution in [0.3, 0.4) is 0 Å². The molecule has 1 atom stereocenters. The maximum Gasteiger partial charge on any atom is 0.387 e. The van der Waals surface area contributed by atoms with Crippen LogP contribution in [0.4, 0.5) is 20.2 Å². The minimum Gasteiger partial charge on any atom is -0.433 e. The summed E-state index contributed by atoms with van der Waals surface area (Å²) in [4.78, 5) is 41.8. The number of benzene rings is 1. The van der Waals surface area contributed by atoms with Crippen LogP contribution in [0.25, 0.3) is 0 Å². The number of thiophene rings is 1. The van der Waals surface area contributed by atoms with Gasteiger partial charge in [0.1, 0.15) is 12.6 Å². The number of nitrogens with one attached hydrogen (secondary N) is 2. The Morgan fingerprint density at radius 3 is 2.70 bits per heavy atom. The third-order valence-corrected chi connectivity index (χ3v) is 7.66. The second kappa shape index (κ2) is 12.2. The van der Waals surface area contributed by atoms with E-state index in [9.17, 15) is 23.2 Å². The molecule has 0 spiro atoms. The third-order valence-electron chi connectivity index (χ3n) is 6.43. The highest BCUT2D eigenvalue weighted by molar-refractivity contribution is 7.18. The number of hydrogen-bond donors (Lipinski definition) is 2. The van der Waals surface area contributed by atoms with Crippen molar-refractivity contribution >= 4 is 52.0 Å². The van der Waals surface area contributed by atoms with Gasteiger partial charge in [-0.1, -0.05) is 18.0 Å². The lowest BCUT2D eigenvalue weighted by Gasteiger charge is -2.39. The first-order valence-corrected chi connectivity index (χ1v) is 13.0. The summed E-state index contributed by atoms with van der Waals surface area (Å²) in [7, 11) is 1.80. The summed E-state index contributed by atoms with van der Waals surface area (Å²) >= 11 is 7.04. The molecule has 1 aromatic heterocycles. The van der Waals surface area contributed by atoms with Gasteiger partial charge >= 0.3 is 6.61 Å². The summed E-state index contributed by atoms with van der Waals surface area (Å²) in [6.07, 6.45) is 2.87. The summed E-state index contributed by atoms with van der Waals surface area (Å²) in [5.74, 6) is -1.44. The molecule has 1 saturated heterocycles. The summed E-state index contributed by atoms with van der Waals surface area (Å²) in [5.41, 5.74) is 0.380. The van der Waals surface area contributed by atoms with Gasteiger partial charge in [-0.15, -0.1) is 11.3 Å². The van der Waals surface area contributed by atoms with Crippen molar-refractivity contribution in [1.82, 2.24) is 10.2 Å². The Kier molecular flexibility index (Phi) is 8.95. The van der Waals surface area contributed by atoms with Crippen molar-refractivity contribution in [2.45, 2.75) is 38.0 Å². The molecule has 37 heavy (non-hydrogen) atoms. The zero-order valence-corrected chi connectivity index (χ0v) is 21.6. The molecule has 0 unspecified atom stereocenters. The number of carbonyl (C=O) groups is 3. The van der Waals surface area contributed by atoms with Crippen LogP contribution in [-0.4, -0.2) is 74.7 Å². The number of likely N-dealkylation sites (N-methyl/N-ethyl adjacent to an activating group) is 1. The molecule has 1 saturated carbocycles. The van der Waals surface area contributed by atoms with Crippen molar-refractivity contribution < 1.29 is 32.6 Å². The van der Waals surface area contributed by atoms with Crippen LogP contribution in [0, 0.1) is 0 Å². The van der Waals surface area contributed by atoms with E-state index >= 15 is 0 Å². The van der Waals surface area contributed by atoms with Gasteiger partial charge in [0.2, 0.25) is 5.91 Å². The maximum absolute atomic E-state index is 13.4. The molecule has 4 rings (SSSR count). The predicted octanol–water partition coefficient (Wildman–Crippen LogP) is 3.59. The number of carbonyl (C=O) groups excluding carboxylic acids is 3. The molecular formula is C24H27ClF2N4O5S. The average Bonchev–Trinajstić information content (AvgIpc) is 3.25. The molecule has 2 aliphatic rings. The Morgan fingerprint density at radius 1 is 1.30 bits per heavy atom. The number of alkyl halides is 2. The van der Waals surface area contributed by atoms with E-state index in [-0.39, 0.29) is 49.0 Å². The van der Waals surface area contributed by atoms with E-state index in [0.29, 0.717) is 21.5 Å². The molecule has 3 amide bonds. The molecule has 2 fully saturated rings. The van der Waals surface area contributed by atoms with Crippen LogP contribution in [-0.2, 0) is 14.3 Å². The molecule has 2 aromatic rings. The lowest BCUT2D eigenvalue weighted by Crippen LogP contribution is -2.54. The SMILES string of the molecule is CN(C1CCC1)[C@@H](CNC(=O)c1ccc(Cl)s1)C(=O)Nc1ccc(N2CCOCC2=O)cc1OC(F)F. The Hall–Kier alpha value is -2.80. The number of amides is 3. The van der Waals surface area contributed by atoms with Crippen molar-refractivity contribution in [3.63, 3.8) is 0 Å². The smallest absolute Gasteiger partial charge is 0.387 e. The molecule has 1 aromatic carbocycles. The molecule has 13 heteroatoms. The highest BCUT2D eigenvalue weighted by Gasteiger charge is 2.33. The number of nitrogens with zero attached hydrogens (tertiary/aromatic N) is 2. The molecule has 0 bridgehead atoms. The lowest BCUT2D eigenvalue weighted by molar-refractivity contribution is -0.125. The number of hydrogen-bond acceptors (Lipinski definition) is 7. The molecular weight excluding hydrogens is 530 g/mol. The van der Waals surface area contributed by atoms with Crippen LogP contribution in [0.1, 0.15) is 28.9 Å². The minimum absolute atomic E-state index is 0.00140. The predicted molar refractivity (Wildman–Crippen MR) is 136 cm³/mol. The first-order chi connectivity index (χ1) is 17.7. The molecule has 2 N–H and O–H groups in total. The van der Waals surface area contributed by atoms with Crippen molar-refractivity contribution in [3.05, 3.63) is 39.5 Å². The van der Waals surface area contributed by atoms with Crippen LogP contribution >= 0.6 is 22.9 Å². The van der Waals surface area contributed by atoms with Gasteiger partial charge in [-0.3, -0.25) is 19.3 Å². The van der Waals surface area contributed by atoms with Crippen LogP contribution < -0.4 is 20.3 Å². The standard InChI is InChI=1S/C24H27ClF2N4O5S/c1-30(14-3-2-4-14)17(12-28-23(34)19-7-8-20(25)37-19)22(33)29-16-6-5-15(11-18(16)36-24(26)27)31-9-10-35-13-21(31)32/h5-8,11,14,17,24H,2-4,9-10,12-13H2,1H3,(H,28,34)(H,29,33)/t17-/m0/s1. The van der Waals surface area contributed by atoms with Gasteiger partial charge in [0.15, 0.2) is 5.75 Å². The highest BCUT2D eigenvalue weighted by Crippen LogP contribution is 2.33. The van der Waals surface area contributed by atoms with Gasteiger partial charge in [-0.25, -0.2) is 0 Å². The quantitative estimate of drug-likeness (QED) is 0.464. The van der Waals surface area contributed by atoms with Gasteiger partial charge < -0.3 is 25.0 Å². The van der Waals surface area contributed by atoms with Gasteiger partial charge in [0.05, 0.1) is 21.5 Å². The van der Waals surface area contributed by atoms with Crippen LogP contribution in [0.2, 0.25) is 4.34 Å². The Labute approximate surface area is 221 Å². The number of rotatable bonds is 10. The molecule has 200 valence electrons. The molecule has 2 heterocycles. The Balaban J connectivity index is 1.52. The Bertz CT molecular complexity index is 1150. The van der Waals surface area contributed by atoms with Gasteiger partial charge in [-0.2, -0.15) is 8.78 Å². The zero-order valence-electron chi connectivity index (χ0n) is 20.0. The number of halogens is 3. The van der Waals surface area contributed by atoms with E-state index < -0.39 is 18.6 Å². The Morgan fingerprint density at radius 2 is 2.08 bits per heavy atom. The lowest BCUT2D eigenvalue weighted by atomic mass is 9.90. The fourth-order valence-corrected chi connectivity index (χ4v) is 5.13. The minimum atomic E-state index is -3.14. The topological polar surface area (TPSA) is 100 Å². The number of ether oxygens (including phenoxy) is 2. The number of morpholine rings is 1. The molecule has 1 aliphatic heterocycles. The fourth-order valence-electron chi connectivity index (χ4n) is 4.17.